The van der Waals surface area contributed by atoms with Crippen molar-refractivity contribution in [3.8, 4) is 5.75 Å². The Balaban J connectivity index is 1.74. The largest absolute Gasteiger partial charge is 0.493 e. The molecule has 0 amide bonds. The first-order chi connectivity index (χ1) is 9.66. The van der Waals surface area contributed by atoms with E-state index in [9.17, 15) is 5.11 Å². The lowest BCUT2D eigenvalue weighted by molar-refractivity contribution is 0.00542. The summed E-state index contributed by atoms with van der Waals surface area (Å²) in [7, 11) is 0. The Kier molecular flexibility index (Phi) is 4.02. The molecular formula is C18H26O2. The lowest BCUT2D eigenvalue weighted by Crippen LogP contribution is -2.31. The molecule has 1 N–H and O–H groups in total. The maximum absolute atomic E-state index is 11.0. The van der Waals surface area contributed by atoms with Crippen LogP contribution < -0.4 is 4.74 Å². The van der Waals surface area contributed by atoms with Crippen molar-refractivity contribution in [2.24, 2.45) is 5.92 Å². The van der Waals surface area contributed by atoms with Crippen LogP contribution in [0.5, 0.6) is 5.75 Å². The van der Waals surface area contributed by atoms with E-state index in [1.807, 2.05) is 6.07 Å². The smallest absolute Gasteiger partial charge is 0.122 e. The monoisotopic (exact) mass is 274 g/mol. The molecule has 1 aliphatic carbocycles. The van der Waals surface area contributed by atoms with Crippen molar-refractivity contribution in [3.63, 3.8) is 0 Å². The van der Waals surface area contributed by atoms with Gasteiger partial charge in [-0.2, -0.15) is 0 Å². The first-order valence-electron chi connectivity index (χ1n) is 8.10. The van der Waals surface area contributed by atoms with E-state index in [4.69, 9.17) is 4.74 Å². The number of rotatable bonds is 2. The molecule has 0 saturated heterocycles. The van der Waals surface area contributed by atoms with Crippen LogP contribution in [0.4, 0.5) is 0 Å². The molecule has 0 aromatic heterocycles. The van der Waals surface area contributed by atoms with Crippen LogP contribution >= 0.6 is 0 Å². The van der Waals surface area contributed by atoms with E-state index in [2.05, 4.69) is 25.1 Å². The standard InChI is InChI=1S/C18H26O2/c1-14-5-4-10-18(19,11-8-14)13-15-9-12-20-17-7-3-2-6-16(15)17/h2-3,6-7,14-15,19H,4-5,8-13H2,1H3. The predicted molar refractivity (Wildman–Crippen MR) is 81.1 cm³/mol. The molecule has 20 heavy (non-hydrogen) atoms. The maximum Gasteiger partial charge on any atom is 0.122 e. The Bertz CT molecular complexity index is 456. The molecule has 1 aliphatic heterocycles. The van der Waals surface area contributed by atoms with E-state index in [1.165, 1.54) is 24.8 Å². The molecule has 1 saturated carbocycles. The third-order valence-electron chi connectivity index (χ3n) is 5.15. The third kappa shape index (κ3) is 3.01. The summed E-state index contributed by atoms with van der Waals surface area (Å²) in [6.07, 6.45) is 7.48. The summed E-state index contributed by atoms with van der Waals surface area (Å²) in [6, 6.07) is 8.34. The Hall–Kier alpha value is -1.02. The second-order valence-electron chi connectivity index (χ2n) is 6.84. The minimum atomic E-state index is -0.458. The van der Waals surface area contributed by atoms with Crippen LogP contribution in [0.2, 0.25) is 0 Å². The molecule has 1 aromatic rings. The van der Waals surface area contributed by atoms with E-state index in [0.29, 0.717) is 5.92 Å². The van der Waals surface area contributed by atoms with Crippen molar-refractivity contribution < 1.29 is 9.84 Å². The topological polar surface area (TPSA) is 29.5 Å². The average molecular weight is 274 g/mol. The maximum atomic E-state index is 11.0. The molecule has 2 heteroatoms. The molecule has 2 aliphatic rings. The summed E-state index contributed by atoms with van der Waals surface area (Å²) in [5, 5.41) is 11.0. The summed E-state index contributed by atoms with van der Waals surface area (Å²) >= 11 is 0. The van der Waals surface area contributed by atoms with E-state index >= 15 is 0 Å². The van der Waals surface area contributed by atoms with Gasteiger partial charge in [0.15, 0.2) is 0 Å². The molecule has 110 valence electrons. The molecule has 0 radical (unpaired) electrons. The van der Waals surface area contributed by atoms with Crippen LogP contribution in [0.1, 0.15) is 63.4 Å². The highest BCUT2D eigenvalue weighted by Crippen LogP contribution is 2.42. The van der Waals surface area contributed by atoms with Crippen molar-refractivity contribution in [2.75, 3.05) is 6.61 Å². The summed E-state index contributed by atoms with van der Waals surface area (Å²) < 4.78 is 5.74. The van der Waals surface area contributed by atoms with E-state index < -0.39 is 5.60 Å². The van der Waals surface area contributed by atoms with Gasteiger partial charge in [0.2, 0.25) is 0 Å². The van der Waals surface area contributed by atoms with Gasteiger partial charge in [0.05, 0.1) is 12.2 Å². The first kappa shape index (κ1) is 13.9. The Labute approximate surface area is 122 Å². The second kappa shape index (κ2) is 5.77. The zero-order valence-electron chi connectivity index (χ0n) is 12.5. The van der Waals surface area contributed by atoms with Crippen LogP contribution in [0.15, 0.2) is 24.3 Å². The number of hydrogen-bond donors (Lipinski definition) is 1. The third-order valence-corrected chi connectivity index (χ3v) is 5.15. The Morgan fingerprint density at radius 2 is 2.05 bits per heavy atom. The van der Waals surface area contributed by atoms with Crippen LogP contribution in [0.25, 0.3) is 0 Å². The Morgan fingerprint density at radius 1 is 1.20 bits per heavy atom. The molecule has 0 spiro atoms. The molecule has 1 heterocycles. The van der Waals surface area contributed by atoms with Crippen LogP contribution in [0, 0.1) is 5.92 Å². The van der Waals surface area contributed by atoms with Gasteiger partial charge in [-0.15, -0.1) is 0 Å². The zero-order chi connectivity index (χ0) is 14.0. The highest BCUT2D eigenvalue weighted by molar-refractivity contribution is 5.37. The Morgan fingerprint density at radius 3 is 2.95 bits per heavy atom. The normalized spacial score (nSPS) is 33.9. The average Bonchev–Trinajstić information content (AvgIpc) is 2.61. The van der Waals surface area contributed by atoms with Crippen molar-refractivity contribution in [3.05, 3.63) is 29.8 Å². The van der Waals surface area contributed by atoms with Gasteiger partial charge < -0.3 is 9.84 Å². The summed E-state index contributed by atoms with van der Waals surface area (Å²) in [5.41, 5.74) is 0.837. The van der Waals surface area contributed by atoms with Gasteiger partial charge in [-0.3, -0.25) is 0 Å². The van der Waals surface area contributed by atoms with Crippen molar-refractivity contribution in [1.29, 1.82) is 0 Å². The number of ether oxygens (including phenoxy) is 1. The molecule has 0 bridgehead atoms. The van der Waals surface area contributed by atoms with Crippen molar-refractivity contribution >= 4 is 0 Å². The van der Waals surface area contributed by atoms with Gasteiger partial charge in [0.1, 0.15) is 5.75 Å². The van der Waals surface area contributed by atoms with Gasteiger partial charge >= 0.3 is 0 Å². The van der Waals surface area contributed by atoms with E-state index in [0.717, 1.165) is 44.0 Å². The van der Waals surface area contributed by atoms with Crippen LogP contribution in [-0.2, 0) is 0 Å². The molecule has 3 unspecified atom stereocenters. The van der Waals surface area contributed by atoms with Gasteiger partial charge in [-0.05, 0) is 55.6 Å². The molecule has 2 nitrogen and oxygen atoms in total. The van der Waals surface area contributed by atoms with Crippen molar-refractivity contribution in [2.45, 2.75) is 63.4 Å². The zero-order valence-corrected chi connectivity index (χ0v) is 12.5. The van der Waals surface area contributed by atoms with Gasteiger partial charge in [0, 0.05) is 0 Å². The fourth-order valence-corrected chi connectivity index (χ4v) is 3.85. The first-order valence-corrected chi connectivity index (χ1v) is 8.10. The molecule has 3 atom stereocenters. The summed E-state index contributed by atoms with van der Waals surface area (Å²) in [4.78, 5) is 0. The fraction of sp³-hybridized carbons (Fsp3) is 0.667. The molecule has 1 fully saturated rings. The minimum absolute atomic E-state index is 0.457. The number of hydrogen-bond acceptors (Lipinski definition) is 2. The summed E-state index contributed by atoms with van der Waals surface area (Å²) in [6.45, 7) is 3.10. The second-order valence-corrected chi connectivity index (χ2v) is 6.84. The van der Waals surface area contributed by atoms with E-state index in [-0.39, 0.29) is 0 Å². The van der Waals surface area contributed by atoms with Crippen LogP contribution in [-0.4, -0.2) is 17.3 Å². The molecule has 3 rings (SSSR count). The fourth-order valence-electron chi connectivity index (χ4n) is 3.85. The number of para-hydroxylation sites is 1. The van der Waals surface area contributed by atoms with Crippen LogP contribution in [0.3, 0.4) is 0 Å². The highest BCUT2D eigenvalue weighted by Gasteiger charge is 2.34. The quantitative estimate of drug-likeness (QED) is 0.816. The lowest BCUT2D eigenvalue weighted by atomic mass is 9.79. The predicted octanol–water partition coefficient (Wildman–Crippen LogP) is 4.27. The van der Waals surface area contributed by atoms with Gasteiger partial charge in [0.25, 0.3) is 0 Å². The van der Waals surface area contributed by atoms with Gasteiger partial charge in [-0.25, -0.2) is 0 Å². The van der Waals surface area contributed by atoms with Crippen molar-refractivity contribution in [1.82, 2.24) is 0 Å². The summed E-state index contributed by atoms with van der Waals surface area (Å²) in [5.74, 6) is 2.25. The number of fused-ring (bicyclic) bond motifs is 1. The van der Waals surface area contributed by atoms with Gasteiger partial charge in [-0.1, -0.05) is 38.0 Å². The molecule has 1 aromatic carbocycles. The van der Waals surface area contributed by atoms with E-state index in [1.54, 1.807) is 0 Å². The lowest BCUT2D eigenvalue weighted by Gasteiger charge is -2.34. The highest BCUT2D eigenvalue weighted by atomic mass is 16.5. The molecular weight excluding hydrogens is 248 g/mol. The minimum Gasteiger partial charge on any atom is -0.493 e. The number of benzene rings is 1. The number of aliphatic hydroxyl groups is 1. The SMILES string of the molecule is CC1CCCC(O)(CC2CCOc3ccccc32)CC1.